The second-order valence-corrected chi connectivity index (χ2v) is 6.96. The molecule has 0 unspecified atom stereocenters. The van der Waals surface area contributed by atoms with Crippen molar-refractivity contribution in [2.45, 2.75) is 12.8 Å². The fraction of sp³-hybridized carbons (Fsp3) is 0.375. The van der Waals surface area contributed by atoms with Gasteiger partial charge < -0.3 is 14.2 Å². The van der Waals surface area contributed by atoms with Crippen LogP contribution in [-0.2, 0) is 0 Å². The van der Waals surface area contributed by atoms with Crippen LogP contribution in [-0.4, -0.2) is 47.4 Å². The average molecular weight is 375 g/mol. The highest BCUT2D eigenvalue weighted by Gasteiger charge is 2.27. The molecule has 1 aromatic carbocycles. The Kier molecular flexibility index (Phi) is 4.33. The first-order chi connectivity index (χ1) is 12.7. The topological polar surface area (TPSA) is 111 Å². The highest BCUT2D eigenvalue weighted by Crippen LogP contribution is 2.44. The number of ether oxygens (including phenoxy) is 3. The highest BCUT2D eigenvalue weighted by molar-refractivity contribution is 7.21. The summed E-state index contributed by atoms with van der Waals surface area (Å²) in [6.45, 7) is 0.586. The maximum atomic E-state index is 12.7. The molecule has 0 spiro atoms. The fourth-order valence-electron chi connectivity index (χ4n) is 2.55. The number of anilines is 1. The second kappa shape index (κ2) is 6.79. The van der Waals surface area contributed by atoms with Gasteiger partial charge in [-0.1, -0.05) is 5.10 Å². The predicted molar refractivity (Wildman–Crippen MR) is 95.3 cm³/mol. The molecule has 0 radical (unpaired) electrons. The summed E-state index contributed by atoms with van der Waals surface area (Å²) in [5.41, 5.74) is 0. The number of benzene rings is 1. The largest absolute Gasteiger partial charge is 0.493 e. The molecule has 1 fully saturated rings. The van der Waals surface area contributed by atoms with E-state index in [4.69, 9.17) is 14.2 Å². The molecule has 26 heavy (non-hydrogen) atoms. The van der Waals surface area contributed by atoms with Gasteiger partial charge in [0.15, 0.2) is 17.2 Å². The lowest BCUT2D eigenvalue weighted by molar-refractivity contribution is 0.102. The van der Waals surface area contributed by atoms with Crippen LogP contribution in [0.3, 0.4) is 0 Å². The third-order valence-corrected chi connectivity index (χ3v) is 5.22. The lowest BCUT2D eigenvalue weighted by Crippen LogP contribution is -2.13. The number of nitrogens with zero attached hydrogens (tertiary/aromatic N) is 3. The molecule has 3 aromatic rings. The van der Waals surface area contributed by atoms with E-state index in [0.29, 0.717) is 34.7 Å². The maximum Gasteiger partial charge on any atom is 0.272 e. The lowest BCUT2D eigenvalue weighted by atomic mass is 10.2. The summed E-state index contributed by atoms with van der Waals surface area (Å²) in [7, 11) is 3.15. The van der Waals surface area contributed by atoms with Crippen LogP contribution in [0.25, 0.3) is 10.1 Å². The fourth-order valence-corrected chi connectivity index (χ4v) is 3.61. The Hall–Kier alpha value is -2.88. The van der Waals surface area contributed by atoms with E-state index in [1.165, 1.54) is 11.3 Å². The number of thiophene rings is 1. The Morgan fingerprint density at radius 1 is 1.31 bits per heavy atom. The van der Waals surface area contributed by atoms with Crippen LogP contribution in [0.15, 0.2) is 12.1 Å². The molecule has 1 amide bonds. The van der Waals surface area contributed by atoms with Gasteiger partial charge in [0.25, 0.3) is 11.9 Å². The summed E-state index contributed by atoms with van der Waals surface area (Å²) in [6, 6.07) is 3.67. The molecule has 2 N–H and O–H groups in total. The van der Waals surface area contributed by atoms with Gasteiger partial charge in [0.1, 0.15) is 4.88 Å². The number of H-pyrrole nitrogens is 1. The van der Waals surface area contributed by atoms with E-state index in [1.54, 1.807) is 14.2 Å². The first-order valence-corrected chi connectivity index (χ1v) is 8.87. The van der Waals surface area contributed by atoms with Gasteiger partial charge in [-0.15, -0.1) is 16.4 Å². The zero-order chi connectivity index (χ0) is 18.1. The molecular formula is C16H17N5O4S. The number of aromatic nitrogens is 4. The third kappa shape index (κ3) is 3.15. The molecule has 0 bridgehead atoms. The van der Waals surface area contributed by atoms with Gasteiger partial charge in [0.2, 0.25) is 0 Å². The van der Waals surface area contributed by atoms with Crippen LogP contribution in [0, 0.1) is 5.92 Å². The van der Waals surface area contributed by atoms with E-state index in [9.17, 15) is 4.79 Å². The van der Waals surface area contributed by atoms with Crippen molar-refractivity contribution in [3.05, 3.63) is 17.0 Å². The number of nitrogens with one attached hydrogen (secondary N) is 2. The Labute approximate surface area is 152 Å². The number of carbonyl (C=O) groups excluding carboxylic acids is 1. The lowest BCUT2D eigenvalue weighted by Gasteiger charge is -2.09. The minimum atomic E-state index is -0.351. The summed E-state index contributed by atoms with van der Waals surface area (Å²) >= 11 is 1.32. The molecule has 1 saturated carbocycles. The summed E-state index contributed by atoms with van der Waals surface area (Å²) < 4.78 is 17.6. The molecule has 136 valence electrons. The Morgan fingerprint density at radius 3 is 2.73 bits per heavy atom. The first kappa shape index (κ1) is 16.6. The van der Waals surface area contributed by atoms with Gasteiger partial charge in [-0.2, -0.15) is 5.21 Å². The van der Waals surface area contributed by atoms with Crippen molar-refractivity contribution in [3.63, 3.8) is 0 Å². The first-order valence-electron chi connectivity index (χ1n) is 8.05. The smallest absolute Gasteiger partial charge is 0.272 e. The van der Waals surface area contributed by atoms with Gasteiger partial charge in [0, 0.05) is 16.2 Å². The highest BCUT2D eigenvalue weighted by atomic mass is 32.1. The Balaban J connectivity index is 1.75. The van der Waals surface area contributed by atoms with Gasteiger partial charge in [-0.3, -0.25) is 10.1 Å². The van der Waals surface area contributed by atoms with Gasteiger partial charge in [-0.05, 0) is 30.0 Å². The molecule has 9 nitrogen and oxygen atoms in total. The number of methoxy groups -OCH3 is 2. The minimum absolute atomic E-state index is 0.107. The Bertz CT molecular complexity index is 936. The van der Waals surface area contributed by atoms with E-state index in [0.717, 1.165) is 22.9 Å². The number of fused-ring (bicyclic) bond motifs is 1. The predicted octanol–water partition coefficient (Wildman–Crippen LogP) is 2.47. The van der Waals surface area contributed by atoms with E-state index < -0.39 is 0 Å². The van der Waals surface area contributed by atoms with Crippen molar-refractivity contribution in [1.29, 1.82) is 0 Å². The van der Waals surface area contributed by atoms with Crippen molar-refractivity contribution >= 4 is 33.3 Å². The van der Waals surface area contributed by atoms with Crippen LogP contribution >= 0.6 is 11.3 Å². The maximum absolute atomic E-state index is 12.7. The minimum Gasteiger partial charge on any atom is -0.493 e. The molecule has 0 aliphatic heterocycles. The summed E-state index contributed by atoms with van der Waals surface area (Å²) in [5, 5.41) is 16.7. The number of carbonyl (C=O) groups is 1. The zero-order valence-electron chi connectivity index (χ0n) is 14.2. The van der Waals surface area contributed by atoms with E-state index >= 15 is 0 Å². The number of tetrazole rings is 1. The number of rotatable bonds is 7. The van der Waals surface area contributed by atoms with E-state index in [1.807, 2.05) is 12.1 Å². The van der Waals surface area contributed by atoms with Crippen LogP contribution in [0.2, 0.25) is 0 Å². The van der Waals surface area contributed by atoms with Crippen molar-refractivity contribution in [1.82, 2.24) is 20.6 Å². The Morgan fingerprint density at radius 2 is 2.08 bits per heavy atom. The van der Waals surface area contributed by atoms with Crippen molar-refractivity contribution in [2.24, 2.45) is 5.92 Å². The normalized spacial score (nSPS) is 13.6. The number of hydrogen-bond donors (Lipinski definition) is 2. The molecule has 2 aromatic heterocycles. The van der Waals surface area contributed by atoms with Gasteiger partial charge >= 0.3 is 0 Å². The molecule has 2 heterocycles. The molecular weight excluding hydrogens is 358 g/mol. The SMILES string of the molecule is COc1cc2sc(C(=O)Nc3nn[nH]n3)c(OCC3CC3)c2cc1OC. The standard InChI is InChI=1S/C16H17N5O4S/c1-23-10-5-9-12(6-11(10)24-2)26-14(13(9)25-7-8-3-4-8)15(22)17-16-18-20-21-19-16/h5-6,8H,3-4,7H2,1-2H3,(H2,17,18,19,20,21,22). The van der Waals surface area contributed by atoms with E-state index in [2.05, 4.69) is 25.9 Å². The number of aromatic amines is 1. The molecule has 4 rings (SSSR count). The zero-order valence-corrected chi connectivity index (χ0v) is 15.1. The number of amides is 1. The second-order valence-electron chi connectivity index (χ2n) is 5.91. The molecule has 1 aliphatic rings. The summed E-state index contributed by atoms with van der Waals surface area (Å²) in [4.78, 5) is 13.2. The van der Waals surface area contributed by atoms with Crippen LogP contribution < -0.4 is 19.5 Å². The van der Waals surface area contributed by atoms with Crippen molar-refractivity contribution < 1.29 is 19.0 Å². The molecule has 10 heteroatoms. The third-order valence-electron chi connectivity index (χ3n) is 4.09. The van der Waals surface area contributed by atoms with E-state index in [-0.39, 0.29) is 11.9 Å². The average Bonchev–Trinajstić information content (AvgIpc) is 3.21. The summed E-state index contributed by atoms with van der Waals surface area (Å²) in [6.07, 6.45) is 2.31. The molecule has 1 aliphatic carbocycles. The quantitative estimate of drug-likeness (QED) is 0.652. The molecule has 0 atom stereocenters. The van der Waals surface area contributed by atoms with Crippen LogP contribution in [0.5, 0.6) is 17.2 Å². The van der Waals surface area contributed by atoms with Crippen molar-refractivity contribution in [3.8, 4) is 17.2 Å². The number of hydrogen-bond acceptors (Lipinski definition) is 8. The molecule has 0 saturated heterocycles. The van der Waals surface area contributed by atoms with Gasteiger partial charge in [-0.25, -0.2) is 0 Å². The van der Waals surface area contributed by atoms with Crippen molar-refractivity contribution in [2.75, 3.05) is 26.1 Å². The van der Waals surface area contributed by atoms with Gasteiger partial charge in [0.05, 0.1) is 20.8 Å². The van der Waals surface area contributed by atoms with Crippen LogP contribution in [0.1, 0.15) is 22.5 Å². The summed E-state index contributed by atoms with van der Waals surface area (Å²) in [5.74, 6) is 2.03. The monoisotopic (exact) mass is 375 g/mol. The van der Waals surface area contributed by atoms with Crippen LogP contribution in [0.4, 0.5) is 5.95 Å².